The van der Waals surface area contributed by atoms with Crippen molar-refractivity contribution in [3.05, 3.63) is 51.0 Å². The van der Waals surface area contributed by atoms with E-state index in [1.165, 1.54) is 0 Å². The van der Waals surface area contributed by atoms with E-state index < -0.39 is 0 Å². The molecule has 96 valence electrons. The fourth-order valence-electron chi connectivity index (χ4n) is 1.93. The van der Waals surface area contributed by atoms with E-state index >= 15 is 0 Å². The van der Waals surface area contributed by atoms with Gasteiger partial charge in [-0.25, -0.2) is 4.39 Å². The van der Waals surface area contributed by atoms with Crippen LogP contribution in [0.3, 0.4) is 0 Å². The lowest BCUT2D eigenvalue weighted by Crippen LogP contribution is -2.11. The molecular weight excluding hydrogens is 249 g/mol. The Labute approximate surface area is 110 Å². The smallest absolute Gasteiger partial charge is 0.129 e. The summed E-state index contributed by atoms with van der Waals surface area (Å²) in [5, 5.41) is 1.92. The normalized spacial score (nSPS) is 12.5. The second-order valence-corrected chi connectivity index (χ2v) is 5.28. The SMILES string of the molecule is COc1csc(C(N)c2cc(C)c(F)c(C)c2)c1. The summed E-state index contributed by atoms with van der Waals surface area (Å²) in [6.45, 7) is 3.51. The second kappa shape index (κ2) is 5.08. The average Bonchev–Trinajstić information content (AvgIpc) is 2.83. The molecule has 0 aliphatic carbocycles. The van der Waals surface area contributed by atoms with E-state index in [4.69, 9.17) is 10.5 Å². The van der Waals surface area contributed by atoms with Crippen LogP contribution in [0.1, 0.15) is 27.6 Å². The third kappa shape index (κ3) is 2.40. The lowest BCUT2D eigenvalue weighted by Gasteiger charge is -2.13. The average molecular weight is 265 g/mol. The second-order valence-electron chi connectivity index (χ2n) is 4.34. The first-order valence-electron chi connectivity index (χ1n) is 5.67. The van der Waals surface area contributed by atoms with Crippen molar-refractivity contribution in [2.24, 2.45) is 5.73 Å². The van der Waals surface area contributed by atoms with Crippen molar-refractivity contribution in [2.75, 3.05) is 7.11 Å². The van der Waals surface area contributed by atoms with Gasteiger partial charge in [0.15, 0.2) is 0 Å². The van der Waals surface area contributed by atoms with Crippen LogP contribution in [0.5, 0.6) is 5.75 Å². The Kier molecular flexibility index (Phi) is 3.68. The summed E-state index contributed by atoms with van der Waals surface area (Å²) < 4.78 is 18.7. The van der Waals surface area contributed by atoms with E-state index in [1.807, 2.05) is 11.4 Å². The van der Waals surface area contributed by atoms with Gasteiger partial charge in [0.25, 0.3) is 0 Å². The molecule has 2 nitrogen and oxygen atoms in total. The number of ether oxygens (including phenoxy) is 1. The molecule has 1 heterocycles. The number of rotatable bonds is 3. The number of nitrogens with two attached hydrogens (primary N) is 1. The van der Waals surface area contributed by atoms with Gasteiger partial charge >= 0.3 is 0 Å². The van der Waals surface area contributed by atoms with Crippen molar-refractivity contribution in [1.82, 2.24) is 0 Å². The maximum absolute atomic E-state index is 13.6. The molecule has 1 aromatic carbocycles. The van der Waals surface area contributed by atoms with E-state index in [0.717, 1.165) is 16.2 Å². The quantitative estimate of drug-likeness (QED) is 0.921. The maximum Gasteiger partial charge on any atom is 0.129 e. The number of halogens is 1. The molecule has 1 atom stereocenters. The molecular formula is C14H16FNOS. The Balaban J connectivity index is 2.36. The minimum absolute atomic E-state index is 0.158. The van der Waals surface area contributed by atoms with Crippen LogP contribution in [-0.4, -0.2) is 7.11 Å². The summed E-state index contributed by atoms with van der Waals surface area (Å²) in [6.07, 6.45) is 0. The zero-order valence-corrected chi connectivity index (χ0v) is 11.5. The Morgan fingerprint density at radius 1 is 1.22 bits per heavy atom. The molecule has 0 bridgehead atoms. The van der Waals surface area contributed by atoms with Gasteiger partial charge in [0, 0.05) is 10.3 Å². The van der Waals surface area contributed by atoms with Crippen LogP contribution in [-0.2, 0) is 0 Å². The van der Waals surface area contributed by atoms with Gasteiger partial charge in [-0.1, -0.05) is 12.1 Å². The zero-order chi connectivity index (χ0) is 13.3. The van der Waals surface area contributed by atoms with Crippen LogP contribution >= 0.6 is 11.3 Å². The van der Waals surface area contributed by atoms with Gasteiger partial charge in [-0.2, -0.15) is 0 Å². The van der Waals surface area contributed by atoms with Gasteiger partial charge in [-0.15, -0.1) is 11.3 Å². The molecule has 0 aliphatic rings. The molecule has 0 saturated heterocycles. The number of methoxy groups -OCH3 is 1. The minimum atomic E-state index is -0.239. The first-order chi connectivity index (χ1) is 8.52. The predicted octanol–water partition coefficient (Wildman–Crippen LogP) is 3.56. The van der Waals surface area contributed by atoms with Gasteiger partial charge in [0.05, 0.1) is 13.2 Å². The number of thiophene rings is 1. The number of hydrogen-bond acceptors (Lipinski definition) is 3. The Morgan fingerprint density at radius 3 is 2.33 bits per heavy atom. The molecule has 0 aliphatic heterocycles. The largest absolute Gasteiger partial charge is 0.496 e. The summed E-state index contributed by atoms with van der Waals surface area (Å²) in [6, 6.07) is 5.29. The van der Waals surface area contributed by atoms with Gasteiger partial charge in [0.1, 0.15) is 11.6 Å². The van der Waals surface area contributed by atoms with Crippen molar-refractivity contribution in [2.45, 2.75) is 19.9 Å². The van der Waals surface area contributed by atoms with E-state index in [9.17, 15) is 4.39 Å². The predicted molar refractivity (Wildman–Crippen MR) is 72.8 cm³/mol. The summed E-state index contributed by atoms with van der Waals surface area (Å²) in [5.74, 6) is 0.649. The van der Waals surface area contributed by atoms with Crippen LogP contribution in [0.2, 0.25) is 0 Å². The summed E-state index contributed by atoms with van der Waals surface area (Å²) in [5.41, 5.74) is 8.39. The molecule has 0 fully saturated rings. The summed E-state index contributed by atoms with van der Waals surface area (Å²) in [4.78, 5) is 1.01. The standard InChI is InChI=1S/C14H16FNOS/c1-8-4-10(5-9(2)13(8)15)14(16)12-6-11(17-3)7-18-12/h4-7,14H,16H2,1-3H3. The lowest BCUT2D eigenvalue weighted by molar-refractivity contribution is 0.416. The molecule has 1 aromatic heterocycles. The van der Waals surface area contributed by atoms with E-state index in [0.29, 0.717) is 11.1 Å². The van der Waals surface area contributed by atoms with E-state index in [1.54, 1.807) is 44.4 Å². The van der Waals surface area contributed by atoms with Crippen LogP contribution in [0.4, 0.5) is 4.39 Å². The highest BCUT2D eigenvalue weighted by molar-refractivity contribution is 7.10. The third-order valence-corrected chi connectivity index (χ3v) is 3.95. The van der Waals surface area contributed by atoms with E-state index in [2.05, 4.69) is 0 Å². The first kappa shape index (κ1) is 13.1. The molecule has 18 heavy (non-hydrogen) atoms. The molecule has 2 rings (SSSR count). The minimum Gasteiger partial charge on any atom is -0.496 e. The van der Waals surface area contributed by atoms with Gasteiger partial charge in [0.2, 0.25) is 0 Å². The molecule has 0 radical (unpaired) electrons. The van der Waals surface area contributed by atoms with Crippen LogP contribution in [0.15, 0.2) is 23.6 Å². The van der Waals surface area contributed by atoms with Crippen molar-refractivity contribution < 1.29 is 9.13 Å². The number of aryl methyl sites for hydroxylation is 2. The van der Waals surface area contributed by atoms with Crippen molar-refractivity contribution in [3.8, 4) is 5.75 Å². The number of hydrogen-bond donors (Lipinski definition) is 1. The molecule has 4 heteroatoms. The Hall–Kier alpha value is -1.39. The topological polar surface area (TPSA) is 35.2 Å². The lowest BCUT2D eigenvalue weighted by atomic mass is 10.0. The van der Waals surface area contributed by atoms with Gasteiger partial charge in [-0.05, 0) is 36.6 Å². The summed E-state index contributed by atoms with van der Waals surface area (Å²) >= 11 is 1.55. The molecule has 0 spiro atoms. The highest BCUT2D eigenvalue weighted by Crippen LogP contribution is 2.30. The Morgan fingerprint density at radius 2 is 1.83 bits per heavy atom. The van der Waals surface area contributed by atoms with Gasteiger partial charge in [-0.3, -0.25) is 0 Å². The fourth-order valence-corrected chi connectivity index (χ4v) is 2.81. The Bertz CT molecular complexity index is 542. The van der Waals surface area contributed by atoms with Crippen LogP contribution < -0.4 is 10.5 Å². The van der Waals surface area contributed by atoms with Crippen LogP contribution in [0, 0.1) is 19.7 Å². The molecule has 0 amide bonds. The van der Waals surface area contributed by atoms with Gasteiger partial charge < -0.3 is 10.5 Å². The van der Waals surface area contributed by atoms with Crippen molar-refractivity contribution in [1.29, 1.82) is 0 Å². The highest BCUT2D eigenvalue weighted by atomic mass is 32.1. The summed E-state index contributed by atoms with van der Waals surface area (Å²) in [7, 11) is 1.63. The van der Waals surface area contributed by atoms with Crippen molar-refractivity contribution >= 4 is 11.3 Å². The first-order valence-corrected chi connectivity index (χ1v) is 6.55. The molecule has 0 saturated carbocycles. The fraction of sp³-hybridized carbons (Fsp3) is 0.286. The third-order valence-electron chi connectivity index (χ3n) is 2.96. The zero-order valence-electron chi connectivity index (χ0n) is 10.7. The monoisotopic (exact) mass is 265 g/mol. The van der Waals surface area contributed by atoms with E-state index in [-0.39, 0.29) is 11.9 Å². The van der Waals surface area contributed by atoms with Crippen molar-refractivity contribution in [3.63, 3.8) is 0 Å². The van der Waals surface area contributed by atoms with Crippen LogP contribution in [0.25, 0.3) is 0 Å². The maximum atomic E-state index is 13.6. The molecule has 1 unspecified atom stereocenters. The molecule has 2 aromatic rings. The number of benzene rings is 1. The highest BCUT2D eigenvalue weighted by Gasteiger charge is 2.14. The molecule has 2 N–H and O–H groups in total.